The van der Waals surface area contributed by atoms with E-state index in [-0.39, 0.29) is 12.0 Å². The SMILES string of the molecule is O=C(c1cocn1)N1CC[C@H](OCC2CC2)[C@H](Cc2ccccc2)C1. The van der Waals surface area contributed by atoms with Gasteiger partial charge in [0, 0.05) is 25.6 Å². The number of aromatic nitrogens is 1. The van der Waals surface area contributed by atoms with Crippen molar-refractivity contribution in [1.82, 2.24) is 9.88 Å². The molecular formula is C20H24N2O3. The third-order valence-corrected chi connectivity index (χ3v) is 5.19. The molecule has 1 amide bonds. The van der Waals surface area contributed by atoms with Crippen LogP contribution in [0.5, 0.6) is 0 Å². The van der Waals surface area contributed by atoms with Crippen LogP contribution in [-0.2, 0) is 11.2 Å². The van der Waals surface area contributed by atoms with Crippen molar-refractivity contribution in [2.45, 2.75) is 31.8 Å². The first-order chi connectivity index (χ1) is 12.3. The minimum absolute atomic E-state index is 0.0487. The number of benzene rings is 1. The van der Waals surface area contributed by atoms with E-state index in [1.807, 2.05) is 11.0 Å². The molecule has 0 spiro atoms. The normalized spacial score (nSPS) is 23.6. The van der Waals surface area contributed by atoms with Crippen molar-refractivity contribution < 1.29 is 13.9 Å². The van der Waals surface area contributed by atoms with Crippen LogP contribution in [0.25, 0.3) is 0 Å². The molecule has 5 heteroatoms. The zero-order chi connectivity index (χ0) is 17.1. The Bertz CT molecular complexity index is 682. The summed E-state index contributed by atoms with van der Waals surface area (Å²) in [5.41, 5.74) is 1.68. The van der Waals surface area contributed by atoms with E-state index in [1.54, 1.807) is 0 Å². The lowest BCUT2D eigenvalue weighted by atomic mass is 9.88. The highest BCUT2D eigenvalue weighted by Gasteiger charge is 2.34. The van der Waals surface area contributed by atoms with Crippen LogP contribution in [0.2, 0.25) is 0 Å². The summed E-state index contributed by atoms with van der Waals surface area (Å²) >= 11 is 0. The molecule has 2 aromatic rings. The van der Waals surface area contributed by atoms with Crippen LogP contribution in [0.3, 0.4) is 0 Å². The van der Waals surface area contributed by atoms with Crippen molar-refractivity contribution in [1.29, 1.82) is 0 Å². The largest absolute Gasteiger partial charge is 0.451 e. The van der Waals surface area contributed by atoms with Gasteiger partial charge in [0.1, 0.15) is 6.26 Å². The van der Waals surface area contributed by atoms with E-state index < -0.39 is 0 Å². The number of piperidine rings is 1. The van der Waals surface area contributed by atoms with Crippen LogP contribution in [0.15, 0.2) is 47.4 Å². The van der Waals surface area contributed by atoms with Gasteiger partial charge in [0.05, 0.1) is 6.10 Å². The van der Waals surface area contributed by atoms with Gasteiger partial charge in [-0.2, -0.15) is 0 Å². The molecule has 2 heterocycles. The molecule has 1 saturated carbocycles. The molecule has 0 unspecified atom stereocenters. The number of ether oxygens (including phenoxy) is 1. The number of amides is 1. The number of rotatable bonds is 6. The number of carbonyl (C=O) groups excluding carboxylic acids is 1. The Morgan fingerprint density at radius 2 is 2.08 bits per heavy atom. The Balaban J connectivity index is 1.45. The molecule has 132 valence electrons. The topological polar surface area (TPSA) is 55.6 Å². The lowest BCUT2D eigenvalue weighted by Gasteiger charge is -2.38. The molecule has 1 saturated heterocycles. The molecule has 0 radical (unpaired) electrons. The molecule has 25 heavy (non-hydrogen) atoms. The summed E-state index contributed by atoms with van der Waals surface area (Å²) in [4.78, 5) is 18.5. The highest BCUT2D eigenvalue weighted by atomic mass is 16.5. The number of likely N-dealkylation sites (tertiary alicyclic amines) is 1. The van der Waals surface area contributed by atoms with Gasteiger partial charge < -0.3 is 14.1 Å². The second kappa shape index (κ2) is 7.40. The number of carbonyl (C=O) groups is 1. The van der Waals surface area contributed by atoms with Gasteiger partial charge in [-0.25, -0.2) is 4.98 Å². The molecule has 1 aliphatic carbocycles. The maximum absolute atomic E-state index is 12.6. The summed E-state index contributed by atoms with van der Waals surface area (Å²) in [6.07, 6.45) is 7.36. The third kappa shape index (κ3) is 4.10. The number of oxazole rings is 1. The Morgan fingerprint density at radius 3 is 2.80 bits per heavy atom. The molecule has 5 nitrogen and oxygen atoms in total. The van der Waals surface area contributed by atoms with E-state index in [1.165, 1.54) is 31.1 Å². The van der Waals surface area contributed by atoms with Crippen LogP contribution < -0.4 is 0 Å². The Kier molecular flexibility index (Phi) is 4.83. The van der Waals surface area contributed by atoms with Crippen LogP contribution in [0.1, 0.15) is 35.3 Å². The zero-order valence-electron chi connectivity index (χ0n) is 14.3. The van der Waals surface area contributed by atoms with E-state index in [0.29, 0.717) is 24.7 Å². The molecule has 2 atom stereocenters. The summed E-state index contributed by atoms with van der Waals surface area (Å²) in [7, 11) is 0. The molecule has 0 N–H and O–H groups in total. The molecule has 1 aromatic carbocycles. The third-order valence-electron chi connectivity index (χ3n) is 5.19. The van der Waals surface area contributed by atoms with E-state index in [9.17, 15) is 4.79 Å². The molecule has 4 rings (SSSR count). The maximum atomic E-state index is 12.6. The van der Waals surface area contributed by atoms with Gasteiger partial charge in [0.2, 0.25) is 0 Å². The minimum Gasteiger partial charge on any atom is -0.451 e. The molecule has 0 bridgehead atoms. The Hall–Kier alpha value is -2.14. The van der Waals surface area contributed by atoms with Crippen molar-refractivity contribution in [2.75, 3.05) is 19.7 Å². The summed E-state index contributed by atoms with van der Waals surface area (Å²) in [5.74, 6) is 1.02. The van der Waals surface area contributed by atoms with Crippen LogP contribution in [0, 0.1) is 11.8 Å². The maximum Gasteiger partial charge on any atom is 0.275 e. The predicted molar refractivity (Wildman–Crippen MR) is 93.1 cm³/mol. The van der Waals surface area contributed by atoms with Crippen molar-refractivity contribution >= 4 is 5.91 Å². The van der Waals surface area contributed by atoms with Crippen molar-refractivity contribution in [3.05, 3.63) is 54.2 Å². The zero-order valence-corrected chi connectivity index (χ0v) is 14.3. The first-order valence-electron chi connectivity index (χ1n) is 9.12. The van der Waals surface area contributed by atoms with Crippen molar-refractivity contribution in [3.63, 3.8) is 0 Å². The molecule has 1 aromatic heterocycles. The average Bonchev–Trinajstić information content (AvgIpc) is 3.31. The Morgan fingerprint density at radius 1 is 1.24 bits per heavy atom. The van der Waals surface area contributed by atoms with Gasteiger partial charge in [-0.3, -0.25) is 4.79 Å². The first kappa shape index (κ1) is 16.3. The lowest BCUT2D eigenvalue weighted by molar-refractivity contribution is -0.0327. The fourth-order valence-electron chi connectivity index (χ4n) is 3.55. The van der Waals surface area contributed by atoms with Crippen LogP contribution in [0.4, 0.5) is 0 Å². The summed E-state index contributed by atoms with van der Waals surface area (Å²) < 4.78 is 11.2. The number of hydrogen-bond donors (Lipinski definition) is 0. The lowest BCUT2D eigenvalue weighted by Crippen LogP contribution is -2.47. The van der Waals surface area contributed by atoms with Gasteiger partial charge in [-0.05, 0) is 37.2 Å². The van der Waals surface area contributed by atoms with Crippen LogP contribution >= 0.6 is 0 Å². The summed E-state index contributed by atoms with van der Waals surface area (Å²) in [5, 5.41) is 0. The summed E-state index contributed by atoms with van der Waals surface area (Å²) in [6.45, 7) is 2.29. The van der Waals surface area contributed by atoms with Gasteiger partial charge in [-0.1, -0.05) is 30.3 Å². The average molecular weight is 340 g/mol. The molecular weight excluding hydrogens is 316 g/mol. The fraction of sp³-hybridized carbons (Fsp3) is 0.500. The standard InChI is InChI=1S/C20H24N2O3/c23-20(18-13-24-14-21-18)22-9-8-19(25-12-16-6-7-16)17(11-22)10-15-4-2-1-3-5-15/h1-5,13-14,16-17,19H,6-12H2/t17-,19+/m1/s1. The van der Waals surface area contributed by atoms with Gasteiger partial charge >= 0.3 is 0 Å². The van der Waals surface area contributed by atoms with Gasteiger partial charge in [0.15, 0.2) is 12.1 Å². The van der Waals surface area contributed by atoms with E-state index in [4.69, 9.17) is 9.15 Å². The van der Waals surface area contributed by atoms with Crippen molar-refractivity contribution in [3.8, 4) is 0 Å². The highest BCUT2D eigenvalue weighted by Crippen LogP contribution is 2.32. The van der Waals surface area contributed by atoms with E-state index in [2.05, 4.69) is 29.2 Å². The number of nitrogens with zero attached hydrogens (tertiary/aromatic N) is 2. The van der Waals surface area contributed by atoms with E-state index in [0.717, 1.165) is 25.4 Å². The minimum atomic E-state index is -0.0487. The monoisotopic (exact) mass is 340 g/mol. The first-order valence-corrected chi connectivity index (χ1v) is 9.12. The van der Waals surface area contributed by atoms with Crippen molar-refractivity contribution in [2.24, 2.45) is 11.8 Å². The summed E-state index contributed by atoms with van der Waals surface area (Å²) in [6, 6.07) is 10.5. The second-order valence-electron chi connectivity index (χ2n) is 7.18. The van der Waals surface area contributed by atoms with Crippen LogP contribution in [-0.4, -0.2) is 41.6 Å². The molecule has 2 fully saturated rings. The van der Waals surface area contributed by atoms with Gasteiger partial charge in [-0.15, -0.1) is 0 Å². The second-order valence-corrected chi connectivity index (χ2v) is 7.18. The van der Waals surface area contributed by atoms with Gasteiger partial charge in [0.25, 0.3) is 5.91 Å². The smallest absolute Gasteiger partial charge is 0.275 e. The molecule has 2 aliphatic rings. The van der Waals surface area contributed by atoms with E-state index >= 15 is 0 Å². The highest BCUT2D eigenvalue weighted by molar-refractivity contribution is 5.91. The fourth-order valence-corrected chi connectivity index (χ4v) is 3.55. The quantitative estimate of drug-likeness (QED) is 0.810. The predicted octanol–water partition coefficient (Wildman–Crippen LogP) is 3.17. The number of hydrogen-bond acceptors (Lipinski definition) is 4. The Labute approximate surface area is 148 Å². The molecule has 1 aliphatic heterocycles.